The van der Waals surface area contributed by atoms with E-state index in [1.165, 1.54) is 12.1 Å². The Bertz CT molecular complexity index is 974. The van der Waals surface area contributed by atoms with Crippen LogP contribution in [0.1, 0.15) is 29.7 Å². The highest BCUT2D eigenvalue weighted by Gasteiger charge is 2.30. The molecule has 152 valence electrons. The summed E-state index contributed by atoms with van der Waals surface area (Å²) >= 11 is 5.23. The smallest absolute Gasteiger partial charge is 0.387 e. The highest BCUT2D eigenvalue weighted by atomic mass is 32.1. The molecule has 1 aliphatic heterocycles. The van der Waals surface area contributed by atoms with Gasteiger partial charge in [-0.2, -0.15) is 8.78 Å². The molecule has 0 aromatic heterocycles. The number of ether oxygens (including phenoxy) is 1. The van der Waals surface area contributed by atoms with Gasteiger partial charge in [0.2, 0.25) is 0 Å². The Morgan fingerprint density at radius 2 is 1.79 bits per heavy atom. The molecule has 2 aromatic rings. The molecule has 8 heteroatoms. The van der Waals surface area contributed by atoms with Gasteiger partial charge in [0, 0.05) is 11.4 Å². The number of carbonyl (C=O) groups excluding carboxylic acids is 1. The van der Waals surface area contributed by atoms with E-state index in [1.807, 2.05) is 32.0 Å². The molecular weight excluding hydrogens is 396 g/mol. The summed E-state index contributed by atoms with van der Waals surface area (Å²) in [4.78, 5) is 13.1. The first-order chi connectivity index (χ1) is 13.7. The lowest BCUT2D eigenvalue weighted by molar-refractivity contribution is -0.113. The zero-order valence-corrected chi connectivity index (χ0v) is 17.0. The average molecular weight is 417 g/mol. The average Bonchev–Trinajstić information content (AvgIpc) is 2.64. The summed E-state index contributed by atoms with van der Waals surface area (Å²) in [6.45, 7) is 2.85. The summed E-state index contributed by atoms with van der Waals surface area (Å²) in [6.07, 6.45) is 0. The molecule has 29 heavy (non-hydrogen) atoms. The predicted molar refractivity (Wildman–Crippen MR) is 112 cm³/mol. The van der Waals surface area contributed by atoms with Crippen molar-refractivity contribution in [1.82, 2.24) is 10.6 Å². The Kier molecular flexibility index (Phi) is 6.12. The van der Waals surface area contributed by atoms with E-state index in [0.717, 1.165) is 11.1 Å². The lowest BCUT2D eigenvalue weighted by Crippen LogP contribution is -2.45. The molecule has 0 aliphatic carbocycles. The van der Waals surface area contributed by atoms with E-state index in [1.54, 1.807) is 19.1 Å². The van der Waals surface area contributed by atoms with Crippen LogP contribution in [-0.4, -0.2) is 17.6 Å². The van der Waals surface area contributed by atoms with Gasteiger partial charge < -0.3 is 20.7 Å². The van der Waals surface area contributed by atoms with Crippen molar-refractivity contribution < 1.29 is 18.3 Å². The van der Waals surface area contributed by atoms with E-state index in [4.69, 9.17) is 12.2 Å². The van der Waals surface area contributed by atoms with Crippen LogP contribution in [0.4, 0.5) is 14.5 Å². The van der Waals surface area contributed by atoms with Gasteiger partial charge in [0.1, 0.15) is 5.75 Å². The molecule has 1 heterocycles. The topological polar surface area (TPSA) is 62.4 Å². The second-order valence-electron chi connectivity index (χ2n) is 6.77. The van der Waals surface area contributed by atoms with Crippen LogP contribution in [0.25, 0.3) is 0 Å². The zero-order valence-electron chi connectivity index (χ0n) is 16.2. The fourth-order valence-corrected chi connectivity index (χ4v) is 3.38. The molecule has 0 spiro atoms. The molecule has 1 aliphatic rings. The number of thiocarbonyl (C=S) groups is 1. The Hall–Kier alpha value is -3.00. The highest BCUT2D eigenvalue weighted by molar-refractivity contribution is 7.80. The maximum Gasteiger partial charge on any atom is 0.387 e. The molecule has 0 saturated carbocycles. The van der Waals surface area contributed by atoms with Crippen molar-refractivity contribution in [3.8, 4) is 5.75 Å². The lowest BCUT2D eigenvalue weighted by Gasteiger charge is -2.30. The number of amides is 1. The van der Waals surface area contributed by atoms with Crippen LogP contribution in [-0.2, 0) is 4.79 Å². The first-order valence-electron chi connectivity index (χ1n) is 8.96. The molecule has 1 unspecified atom stereocenters. The molecule has 3 rings (SSSR count). The first-order valence-corrected chi connectivity index (χ1v) is 9.37. The summed E-state index contributed by atoms with van der Waals surface area (Å²) < 4.78 is 29.2. The minimum Gasteiger partial charge on any atom is -0.435 e. The second-order valence-corrected chi connectivity index (χ2v) is 7.18. The fourth-order valence-electron chi connectivity index (χ4n) is 3.10. The number of hydrogen-bond acceptors (Lipinski definition) is 3. The molecular formula is C21H21F2N3O2S. The van der Waals surface area contributed by atoms with E-state index >= 15 is 0 Å². The van der Waals surface area contributed by atoms with Crippen LogP contribution < -0.4 is 20.7 Å². The van der Waals surface area contributed by atoms with E-state index in [0.29, 0.717) is 27.6 Å². The molecule has 2 aromatic carbocycles. The van der Waals surface area contributed by atoms with E-state index in [2.05, 4.69) is 20.7 Å². The number of nitrogens with one attached hydrogen (secondary N) is 3. The maximum absolute atomic E-state index is 13.1. The lowest BCUT2D eigenvalue weighted by atomic mass is 9.94. The van der Waals surface area contributed by atoms with Crippen molar-refractivity contribution in [2.45, 2.75) is 33.4 Å². The third kappa shape index (κ3) is 4.89. The number of anilines is 1. The Balaban J connectivity index is 1.89. The Labute approximate surface area is 173 Å². The van der Waals surface area contributed by atoms with Crippen molar-refractivity contribution in [3.05, 3.63) is 70.4 Å². The molecule has 3 N–H and O–H groups in total. The molecule has 1 atom stereocenters. The SMILES string of the molecule is CC1=C(C(=O)Nc2ccc(C)c(C)c2)C(c2ccc(OC(F)F)cc2)NC(=S)N1. The van der Waals surface area contributed by atoms with Crippen LogP contribution in [0.2, 0.25) is 0 Å². The van der Waals surface area contributed by atoms with Crippen molar-refractivity contribution in [2.24, 2.45) is 0 Å². The molecule has 0 fully saturated rings. The molecule has 0 saturated heterocycles. The van der Waals surface area contributed by atoms with Gasteiger partial charge in [0.15, 0.2) is 5.11 Å². The summed E-state index contributed by atoms with van der Waals surface area (Å²) in [5.74, 6) is -0.242. The van der Waals surface area contributed by atoms with Crippen LogP contribution in [0.3, 0.4) is 0 Å². The standard InChI is InChI=1S/C21H21F2N3O2S/c1-11-4-7-15(10-12(11)2)25-19(27)17-13(3)24-21(29)26-18(17)14-5-8-16(9-6-14)28-20(22)23/h4-10,18,20H,1-3H3,(H,25,27)(H2,24,26,29). The molecule has 1 amide bonds. The minimum absolute atomic E-state index is 0.0436. The number of carbonyl (C=O) groups is 1. The molecule has 5 nitrogen and oxygen atoms in total. The van der Waals surface area contributed by atoms with Gasteiger partial charge in [-0.15, -0.1) is 0 Å². The van der Waals surface area contributed by atoms with E-state index in [9.17, 15) is 13.6 Å². The van der Waals surface area contributed by atoms with Gasteiger partial charge >= 0.3 is 6.61 Å². The Morgan fingerprint density at radius 3 is 2.41 bits per heavy atom. The highest BCUT2D eigenvalue weighted by Crippen LogP contribution is 2.29. The van der Waals surface area contributed by atoms with Gasteiger partial charge in [0.25, 0.3) is 5.91 Å². The minimum atomic E-state index is -2.90. The number of rotatable bonds is 5. The van der Waals surface area contributed by atoms with Crippen LogP contribution in [0.5, 0.6) is 5.75 Å². The molecule has 0 bridgehead atoms. The summed E-state index contributed by atoms with van der Waals surface area (Å²) in [5.41, 5.74) is 4.66. The normalized spacial score (nSPS) is 16.3. The number of halogens is 2. The van der Waals surface area contributed by atoms with Crippen LogP contribution in [0, 0.1) is 13.8 Å². The van der Waals surface area contributed by atoms with Gasteiger partial charge in [-0.3, -0.25) is 4.79 Å². The summed E-state index contributed by atoms with van der Waals surface area (Å²) in [6, 6.07) is 11.3. The third-order valence-electron chi connectivity index (χ3n) is 4.72. The maximum atomic E-state index is 13.1. The second kappa shape index (κ2) is 8.57. The Morgan fingerprint density at radius 1 is 1.10 bits per heavy atom. The molecule has 0 radical (unpaired) electrons. The summed E-state index contributed by atoms with van der Waals surface area (Å²) in [5, 5.41) is 9.34. The monoisotopic (exact) mass is 417 g/mol. The quantitative estimate of drug-likeness (QED) is 0.632. The van der Waals surface area contributed by atoms with Crippen molar-refractivity contribution in [1.29, 1.82) is 0 Å². The van der Waals surface area contributed by atoms with Crippen LogP contribution in [0.15, 0.2) is 53.7 Å². The van der Waals surface area contributed by atoms with Crippen molar-refractivity contribution in [2.75, 3.05) is 5.32 Å². The van der Waals surface area contributed by atoms with Crippen molar-refractivity contribution >= 4 is 28.9 Å². The zero-order chi connectivity index (χ0) is 21.1. The first kappa shape index (κ1) is 20.7. The fraction of sp³-hybridized carbons (Fsp3) is 0.238. The van der Waals surface area contributed by atoms with Crippen LogP contribution >= 0.6 is 12.2 Å². The third-order valence-corrected chi connectivity index (χ3v) is 4.94. The van der Waals surface area contributed by atoms with Gasteiger partial charge in [-0.1, -0.05) is 18.2 Å². The number of hydrogen-bond donors (Lipinski definition) is 3. The van der Waals surface area contributed by atoms with Gasteiger partial charge in [-0.05, 0) is 73.9 Å². The summed E-state index contributed by atoms with van der Waals surface area (Å²) in [7, 11) is 0. The largest absolute Gasteiger partial charge is 0.435 e. The van der Waals surface area contributed by atoms with E-state index < -0.39 is 12.7 Å². The van der Waals surface area contributed by atoms with Gasteiger partial charge in [-0.25, -0.2) is 0 Å². The number of alkyl halides is 2. The van der Waals surface area contributed by atoms with Gasteiger partial charge in [0.05, 0.1) is 11.6 Å². The number of aryl methyl sites for hydroxylation is 2. The van der Waals surface area contributed by atoms with E-state index in [-0.39, 0.29) is 11.7 Å². The number of benzene rings is 2. The number of allylic oxidation sites excluding steroid dienone is 1. The van der Waals surface area contributed by atoms with Crippen molar-refractivity contribution in [3.63, 3.8) is 0 Å². The predicted octanol–water partition coefficient (Wildman–Crippen LogP) is 4.34.